The second kappa shape index (κ2) is 4.73. The molecule has 88 valence electrons. The summed E-state index contributed by atoms with van der Waals surface area (Å²) >= 11 is 7.00. The zero-order chi connectivity index (χ0) is 12.4. The molecule has 0 amide bonds. The van der Waals surface area contributed by atoms with E-state index in [9.17, 15) is 9.59 Å². The van der Waals surface area contributed by atoms with Crippen LogP contribution in [0, 0.1) is 0 Å². The Morgan fingerprint density at radius 3 is 2.82 bits per heavy atom. The van der Waals surface area contributed by atoms with Gasteiger partial charge in [0, 0.05) is 17.8 Å². The van der Waals surface area contributed by atoms with Gasteiger partial charge in [0.05, 0.1) is 11.6 Å². The van der Waals surface area contributed by atoms with Gasteiger partial charge >= 0.3 is 5.97 Å². The molecule has 0 aliphatic rings. The van der Waals surface area contributed by atoms with Crippen LogP contribution in [0.15, 0.2) is 34.6 Å². The van der Waals surface area contributed by atoms with Gasteiger partial charge in [-0.3, -0.25) is 4.79 Å². The van der Waals surface area contributed by atoms with Crippen LogP contribution in [0.1, 0.15) is 15.2 Å². The molecule has 4 nitrogen and oxygen atoms in total. The molecule has 0 atom stereocenters. The van der Waals surface area contributed by atoms with E-state index in [0.717, 1.165) is 11.3 Å². The van der Waals surface area contributed by atoms with Crippen LogP contribution in [0.3, 0.4) is 0 Å². The predicted molar refractivity (Wildman–Crippen MR) is 66.1 cm³/mol. The monoisotopic (exact) mass is 269 g/mol. The summed E-state index contributed by atoms with van der Waals surface area (Å²) in [5, 5.41) is 10.7. The number of aromatic carboxylic acids is 1. The molecule has 0 aliphatic carbocycles. The van der Waals surface area contributed by atoms with E-state index in [1.165, 1.54) is 10.6 Å². The first-order valence-corrected chi connectivity index (χ1v) is 6.00. The average molecular weight is 270 g/mol. The molecule has 0 saturated carbocycles. The van der Waals surface area contributed by atoms with Crippen LogP contribution in [0.2, 0.25) is 5.02 Å². The number of hydrogen-bond acceptors (Lipinski definition) is 3. The topological polar surface area (TPSA) is 59.3 Å². The van der Waals surface area contributed by atoms with Gasteiger partial charge in [0.15, 0.2) is 0 Å². The van der Waals surface area contributed by atoms with Gasteiger partial charge in [0.2, 0.25) is 0 Å². The molecule has 0 radical (unpaired) electrons. The maximum absolute atomic E-state index is 11.5. The SMILES string of the molecule is O=C(O)c1scc(Cn2ccccc2=O)c1Cl. The number of nitrogens with zero attached hydrogens (tertiary/aromatic N) is 1. The fraction of sp³-hybridized carbons (Fsp3) is 0.0909. The lowest BCUT2D eigenvalue weighted by atomic mass is 10.3. The minimum Gasteiger partial charge on any atom is -0.477 e. The molecule has 0 spiro atoms. The summed E-state index contributed by atoms with van der Waals surface area (Å²) in [5.74, 6) is -1.05. The quantitative estimate of drug-likeness (QED) is 0.930. The number of carboxylic acids is 1. The van der Waals surface area contributed by atoms with Gasteiger partial charge in [-0.25, -0.2) is 4.79 Å². The molecule has 0 fully saturated rings. The summed E-state index contributed by atoms with van der Waals surface area (Å²) in [5.41, 5.74) is 0.494. The largest absolute Gasteiger partial charge is 0.477 e. The van der Waals surface area contributed by atoms with Crippen molar-refractivity contribution >= 4 is 28.9 Å². The van der Waals surface area contributed by atoms with E-state index < -0.39 is 5.97 Å². The van der Waals surface area contributed by atoms with Crippen LogP contribution in [0.5, 0.6) is 0 Å². The van der Waals surface area contributed by atoms with E-state index in [0.29, 0.717) is 5.56 Å². The third kappa shape index (κ3) is 2.40. The first-order valence-electron chi connectivity index (χ1n) is 4.74. The first kappa shape index (κ1) is 11.9. The normalized spacial score (nSPS) is 10.4. The van der Waals surface area contributed by atoms with Crippen molar-refractivity contribution in [2.75, 3.05) is 0 Å². The Morgan fingerprint density at radius 1 is 1.47 bits per heavy atom. The zero-order valence-electron chi connectivity index (χ0n) is 8.59. The van der Waals surface area contributed by atoms with E-state index >= 15 is 0 Å². The Labute approximate surface area is 106 Å². The molecule has 0 bridgehead atoms. The molecule has 0 aromatic carbocycles. The van der Waals surface area contributed by atoms with Gasteiger partial charge in [-0.2, -0.15) is 0 Å². The lowest BCUT2D eigenvalue weighted by molar-refractivity contribution is 0.0702. The molecule has 1 N–H and O–H groups in total. The summed E-state index contributed by atoms with van der Waals surface area (Å²) in [7, 11) is 0. The van der Waals surface area contributed by atoms with Gasteiger partial charge in [-0.15, -0.1) is 11.3 Å². The van der Waals surface area contributed by atoms with E-state index in [1.807, 2.05) is 0 Å². The second-order valence-corrected chi connectivity index (χ2v) is 4.63. The van der Waals surface area contributed by atoms with Gasteiger partial charge in [0.1, 0.15) is 4.88 Å². The van der Waals surface area contributed by atoms with E-state index in [-0.39, 0.29) is 22.0 Å². The lowest BCUT2D eigenvalue weighted by Gasteiger charge is -2.03. The van der Waals surface area contributed by atoms with Crippen molar-refractivity contribution in [2.24, 2.45) is 0 Å². The van der Waals surface area contributed by atoms with E-state index in [1.54, 1.807) is 23.7 Å². The Kier molecular flexibility index (Phi) is 3.31. The number of carbonyl (C=O) groups is 1. The van der Waals surface area contributed by atoms with Crippen molar-refractivity contribution in [1.82, 2.24) is 4.57 Å². The van der Waals surface area contributed by atoms with Crippen LogP contribution in [0.25, 0.3) is 0 Å². The van der Waals surface area contributed by atoms with E-state index in [2.05, 4.69) is 0 Å². The van der Waals surface area contributed by atoms with Gasteiger partial charge in [-0.05, 0) is 11.4 Å². The van der Waals surface area contributed by atoms with Crippen LogP contribution in [-0.2, 0) is 6.54 Å². The Balaban J connectivity index is 2.35. The van der Waals surface area contributed by atoms with Crippen molar-refractivity contribution in [3.63, 3.8) is 0 Å². The fourth-order valence-electron chi connectivity index (χ4n) is 1.41. The lowest BCUT2D eigenvalue weighted by Crippen LogP contribution is -2.18. The van der Waals surface area contributed by atoms with Crippen molar-refractivity contribution in [3.05, 3.63) is 55.6 Å². The third-order valence-electron chi connectivity index (χ3n) is 2.23. The van der Waals surface area contributed by atoms with Crippen molar-refractivity contribution in [2.45, 2.75) is 6.54 Å². The van der Waals surface area contributed by atoms with Gasteiger partial charge in [-0.1, -0.05) is 17.7 Å². The number of hydrogen-bond donors (Lipinski definition) is 1. The first-order chi connectivity index (χ1) is 8.09. The molecule has 2 aromatic heterocycles. The number of aromatic nitrogens is 1. The molecule has 6 heteroatoms. The number of halogens is 1. The molecule has 17 heavy (non-hydrogen) atoms. The molecular formula is C11H8ClNO3S. The van der Waals surface area contributed by atoms with Crippen molar-refractivity contribution in [3.8, 4) is 0 Å². The molecule has 2 aromatic rings. The van der Waals surface area contributed by atoms with Gasteiger partial charge in [0.25, 0.3) is 5.56 Å². The smallest absolute Gasteiger partial charge is 0.347 e. The molecule has 0 aliphatic heterocycles. The average Bonchev–Trinajstić information content (AvgIpc) is 2.64. The second-order valence-electron chi connectivity index (χ2n) is 3.38. The molecule has 0 unspecified atom stereocenters. The summed E-state index contributed by atoms with van der Waals surface area (Å²) in [6, 6.07) is 4.83. The number of pyridine rings is 1. The molecule has 0 saturated heterocycles. The minimum absolute atomic E-state index is 0.102. The number of rotatable bonds is 3. The summed E-state index contributed by atoms with van der Waals surface area (Å²) in [6.45, 7) is 0.280. The molecular weight excluding hydrogens is 262 g/mol. The van der Waals surface area contributed by atoms with Crippen molar-refractivity contribution < 1.29 is 9.90 Å². The highest BCUT2D eigenvalue weighted by Crippen LogP contribution is 2.28. The molecule has 2 rings (SSSR count). The highest BCUT2D eigenvalue weighted by atomic mass is 35.5. The predicted octanol–water partition coefficient (Wildman–Crippen LogP) is 2.31. The Morgan fingerprint density at radius 2 is 2.24 bits per heavy atom. The summed E-state index contributed by atoms with van der Waals surface area (Å²) in [6.07, 6.45) is 1.64. The van der Waals surface area contributed by atoms with E-state index in [4.69, 9.17) is 16.7 Å². The maximum atomic E-state index is 11.5. The van der Waals surface area contributed by atoms with Crippen LogP contribution in [-0.4, -0.2) is 15.6 Å². The van der Waals surface area contributed by atoms with Crippen LogP contribution < -0.4 is 5.56 Å². The van der Waals surface area contributed by atoms with Crippen molar-refractivity contribution in [1.29, 1.82) is 0 Å². The summed E-state index contributed by atoms with van der Waals surface area (Å²) < 4.78 is 1.47. The van der Waals surface area contributed by atoms with Crippen LogP contribution >= 0.6 is 22.9 Å². The zero-order valence-corrected chi connectivity index (χ0v) is 10.2. The standard InChI is InChI=1S/C11H8ClNO3S/c12-9-7(6-17-10(9)11(15)16)5-13-4-2-1-3-8(13)14/h1-4,6H,5H2,(H,15,16). The molecule has 2 heterocycles. The number of carboxylic acid groups (broad SMARTS) is 1. The fourth-order valence-corrected chi connectivity index (χ4v) is 2.59. The van der Waals surface area contributed by atoms with Crippen LogP contribution in [0.4, 0.5) is 0 Å². The Bertz CT molecular complexity index is 617. The Hall–Kier alpha value is -1.59. The summed E-state index contributed by atoms with van der Waals surface area (Å²) in [4.78, 5) is 22.4. The minimum atomic E-state index is -1.05. The highest BCUT2D eigenvalue weighted by molar-refractivity contribution is 7.12. The third-order valence-corrected chi connectivity index (χ3v) is 3.79. The maximum Gasteiger partial charge on any atom is 0.347 e. The highest BCUT2D eigenvalue weighted by Gasteiger charge is 2.15. The number of thiophene rings is 1. The van der Waals surface area contributed by atoms with Gasteiger partial charge < -0.3 is 9.67 Å².